The SMILES string of the molecule is Cl.O=S(=O)(c1ccccc1)n1cc(CC2=CCCNC2)c2cc(F)ccc21. The van der Waals surface area contributed by atoms with Gasteiger partial charge in [0.1, 0.15) is 5.82 Å². The van der Waals surface area contributed by atoms with Crippen molar-refractivity contribution in [1.82, 2.24) is 9.29 Å². The van der Waals surface area contributed by atoms with E-state index >= 15 is 0 Å². The molecule has 1 aliphatic rings. The number of hydrogen-bond donors (Lipinski definition) is 1. The van der Waals surface area contributed by atoms with E-state index in [0.29, 0.717) is 17.3 Å². The van der Waals surface area contributed by atoms with Crippen molar-refractivity contribution in [1.29, 1.82) is 0 Å². The third-order valence-corrected chi connectivity index (χ3v) is 6.33. The fourth-order valence-corrected chi connectivity index (χ4v) is 4.78. The number of nitrogens with one attached hydrogen (secondary N) is 1. The summed E-state index contributed by atoms with van der Waals surface area (Å²) in [4.78, 5) is 0.214. The molecule has 2 heterocycles. The Bertz CT molecular complexity index is 1090. The summed E-state index contributed by atoms with van der Waals surface area (Å²) in [5, 5.41) is 3.95. The van der Waals surface area contributed by atoms with Crippen molar-refractivity contribution in [3.8, 4) is 0 Å². The summed E-state index contributed by atoms with van der Waals surface area (Å²) in [7, 11) is -3.74. The quantitative estimate of drug-likeness (QED) is 0.668. The fraction of sp³-hybridized carbons (Fsp3) is 0.200. The Kier molecular flexibility index (Phi) is 5.69. The molecule has 4 rings (SSSR count). The summed E-state index contributed by atoms with van der Waals surface area (Å²) in [5.74, 6) is -0.371. The van der Waals surface area contributed by atoms with Gasteiger partial charge >= 0.3 is 0 Å². The topological polar surface area (TPSA) is 51.1 Å². The van der Waals surface area contributed by atoms with E-state index in [1.807, 2.05) is 0 Å². The van der Waals surface area contributed by atoms with E-state index in [0.717, 1.165) is 25.1 Å². The van der Waals surface area contributed by atoms with E-state index in [1.165, 1.54) is 27.7 Å². The van der Waals surface area contributed by atoms with E-state index in [9.17, 15) is 12.8 Å². The van der Waals surface area contributed by atoms with Gasteiger partial charge in [0, 0.05) is 18.1 Å². The predicted molar refractivity (Wildman–Crippen MR) is 107 cm³/mol. The third kappa shape index (κ3) is 3.78. The molecular formula is C20H20ClFN2O2S. The first-order chi connectivity index (χ1) is 12.6. The molecule has 0 fully saturated rings. The van der Waals surface area contributed by atoms with Crippen LogP contribution in [0.1, 0.15) is 12.0 Å². The Morgan fingerprint density at radius 3 is 2.59 bits per heavy atom. The molecule has 0 saturated carbocycles. The van der Waals surface area contributed by atoms with Gasteiger partial charge in [-0.2, -0.15) is 0 Å². The number of fused-ring (bicyclic) bond motifs is 1. The lowest BCUT2D eigenvalue weighted by atomic mass is 10.0. The highest BCUT2D eigenvalue weighted by Gasteiger charge is 2.22. The van der Waals surface area contributed by atoms with Gasteiger partial charge in [0.25, 0.3) is 10.0 Å². The Labute approximate surface area is 164 Å². The highest BCUT2D eigenvalue weighted by molar-refractivity contribution is 7.90. The highest BCUT2D eigenvalue weighted by Crippen LogP contribution is 2.28. The van der Waals surface area contributed by atoms with Gasteiger partial charge in [0.15, 0.2) is 0 Å². The second-order valence-corrected chi connectivity index (χ2v) is 8.25. The van der Waals surface area contributed by atoms with Crippen LogP contribution in [0, 0.1) is 5.82 Å². The van der Waals surface area contributed by atoms with Gasteiger partial charge in [-0.25, -0.2) is 16.8 Å². The number of hydrogen-bond acceptors (Lipinski definition) is 3. The molecule has 0 atom stereocenters. The van der Waals surface area contributed by atoms with Crippen LogP contribution < -0.4 is 5.32 Å². The minimum absolute atomic E-state index is 0. The van der Waals surface area contributed by atoms with Crippen molar-refractivity contribution in [3.63, 3.8) is 0 Å². The first kappa shape index (κ1) is 19.6. The molecule has 0 unspecified atom stereocenters. The summed E-state index contributed by atoms with van der Waals surface area (Å²) in [6.07, 6.45) is 5.35. The van der Waals surface area contributed by atoms with Crippen molar-refractivity contribution >= 4 is 33.3 Å². The van der Waals surface area contributed by atoms with Gasteiger partial charge < -0.3 is 5.32 Å². The zero-order valence-corrected chi connectivity index (χ0v) is 16.2. The smallest absolute Gasteiger partial charge is 0.268 e. The molecule has 7 heteroatoms. The summed E-state index contributed by atoms with van der Waals surface area (Å²) in [6, 6.07) is 12.5. The summed E-state index contributed by atoms with van der Waals surface area (Å²) in [5.41, 5.74) is 2.50. The van der Waals surface area contributed by atoms with Crippen LogP contribution in [0.4, 0.5) is 4.39 Å². The summed E-state index contributed by atoms with van der Waals surface area (Å²) < 4.78 is 41.3. The van der Waals surface area contributed by atoms with Crippen molar-refractivity contribution in [2.24, 2.45) is 0 Å². The second kappa shape index (κ2) is 7.84. The number of benzene rings is 2. The standard InChI is InChI=1S/C20H19FN2O2S.ClH/c21-17-8-9-20-19(12-17)16(11-15-5-4-10-22-13-15)14-23(20)26(24,25)18-6-2-1-3-7-18;/h1-3,5-9,12,14,22H,4,10-11,13H2;1H. The molecular weight excluding hydrogens is 387 g/mol. The molecule has 0 saturated heterocycles. The Morgan fingerprint density at radius 2 is 1.89 bits per heavy atom. The van der Waals surface area contributed by atoms with Crippen molar-refractivity contribution < 1.29 is 12.8 Å². The van der Waals surface area contributed by atoms with Crippen molar-refractivity contribution in [2.75, 3.05) is 13.1 Å². The fourth-order valence-electron chi connectivity index (χ4n) is 3.36. The van der Waals surface area contributed by atoms with Gasteiger partial charge in [-0.05, 0) is 55.3 Å². The van der Waals surface area contributed by atoms with E-state index < -0.39 is 10.0 Å². The van der Waals surface area contributed by atoms with E-state index in [4.69, 9.17) is 0 Å². The van der Waals surface area contributed by atoms with Crippen LogP contribution >= 0.6 is 12.4 Å². The van der Waals surface area contributed by atoms with Gasteiger partial charge in [-0.1, -0.05) is 29.8 Å². The molecule has 1 N–H and O–H groups in total. The monoisotopic (exact) mass is 406 g/mol. The first-order valence-corrected chi connectivity index (χ1v) is 9.98. The number of halogens is 2. The normalized spacial score (nSPS) is 14.6. The van der Waals surface area contributed by atoms with Crippen LogP contribution in [-0.4, -0.2) is 25.5 Å². The molecule has 0 spiro atoms. The van der Waals surface area contributed by atoms with Crippen LogP contribution in [0.15, 0.2) is 71.3 Å². The van der Waals surface area contributed by atoms with Gasteiger partial charge in [0.05, 0.1) is 10.4 Å². The molecule has 2 aromatic carbocycles. The third-order valence-electron chi connectivity index (χ3n) is 4.64. The summed E-state index contributed by atoms with van der Waals surface area (Å²) >= 11 is 0. The van der Waals surface area contributed by atoms with E-state index in [1.54, 1.807) is 36.5 Å². The Balaban J connectivity index is 0.00000210. The molecule has 1 aromatic heterocycles. The maximum absolute atomic E-state index is 13.8. The van der Waals surface area contributed by atoms with E-state index in [2.05, 4.69) is 11.4 Å². The molecule has 4 nitrogen and oxygen atoms in total. The maximum Gasteiger partial charge on any atom is 0.268 e. The number of rotatable bonds is 4. The van der Waals surface area contributed by atoms with E-state index in [-0.39, 0.29) is 23.1 Å². The summed E-state index contributed by atoms with van der Waals surface area (Å²) in [6.45, 7) is 1.72. The van der Waals surface area contributed by atoms with Gasteiger partial charge in [-0.3, -0.25) is 0 Å². The largest absolute Gasteiger partial charge is 0.313 e. The minimum atomic E-state index is -3.74. The van der Waals surface area contributed by atoms with Crippen LogP contribution in [-0.2, 0) is 16.4 Å². The van der Waals surface area contributed by atoms with Gasteiger partial charge in [0.2, 0.25) is 0 Å². The maximum atomic E-state index is 13.8. The molecule has 142 valence electrons. The lowest BCUT2D eigenvalue weighted by Gasteiger charge is -2.13. The lowest BCUT2D eigenvalue weighted by molar-refractivity contribution is 0.589. The Morgan fingerprint density at radius 1 is 1.11 bits per heavy atom. The lowest BCUT2D eigenvalue weighted by Crippen LogP contribution is -2.23. The molecule has 0 amide bonds. The van der Waals surface area contributed by atoms with Gasteiger partial charge in [-0.15, -0.1) is 12.4 Å². The Hall–Kier alpha value is -2.15. The van der Waals surface area contributed by atoms with Crippen LogP contribution in [0.2, 0.25) is 0 Å². The molecule has 0 radical (unpaired) electrons. The molecule has 1 aliphatic heterocycles. The average Bonchev–Trinajstić information content (AvgIpc) is 3.02. The number of nitrogens with zero attached hydrogens (tertiary/aromatic N) is 1. The number of aromatic nitrogens is 1. The van der Waals surface area contributed by atoms with Crippen molar-refractivity contribution in [3.05, 3.63) is 77.8 Å². The average molecular weight is 407 g/mol. The van der Waals surface area contributed by atoms with Crippen LogP contribution in [0.5, 0.6) is 0 Å². The zero-order valence-electron chi connectivity index (χ0n) is 14.6. The molecule has 3 aromatic rings. The van der Waals surface area contributed by atoms with Crippen LogP contribution in [0.3, 0.4) is 0 Å². The highest BCUT2D eigenvalue weighted by atomic mass is 35.5. The molecule has 0 aliphatic carbocycles. The van der Waals surface area contributed by atoms with Crippen molar-refractivity contribution in [2.45, 2.75) is 17.7 Å². The predicted octanol–water partition coefficient (Wildman–Crippen LogP) is 3.90. The zero-order chi connectivity index (χ0) is 18.1. The minimum Gasteiger partial charge on any atom is -0.313 e. The van der Waals surface area contributed by atoms with Crippen LogP contribution in [0.25, 0.3) is 10.9 Å². The second-order valence-electron chi connectivity index (χ2n) is 6.43. The molecule has 27 heavy (non-hydrogen) atoms. The molecule has 0 bridgehead atoms. The first-order valence-electron chi connectivity index (χ1n) is 8.54.